The number of carbonyl (C=O) groups excluding carboxylic acids is 1. The topological polar surface area (TPSA) is 101 Å². The van der Waals surface area contributed by atoms with E-state index in [0.717, 1.165) is 13.1 Å². The molecule has 2 N–H and O–H groups in total. The maximum absolute atomic E-state index is 12.4. The number of aromatic nitrogens is 1. The van der Waals surface area contributed by atoms with Crippen molar-refractivity contribution in [3.8, 4) is 0 Å². The summed E-state index contributed by atoms with van der Waals surface area (Å²) in [7, 11) is -2.45. The van der Waals surface area contributed by atoms with Gasteiger partial charge in [-0.25, -0.2) is 17.9 Å². The lowest BCUT2D eigenvalue weighted by Crippen LogP contribution is -2.46. The smallest absolute Gasteiger partial charge is 0.354 e. The van der Waals surface area contributed by atoms with Crippen LogP contribution >= 0.6 is 0 Å². The van der Waals surface area contributed by atoms with Crippen LogP contribution in [-0.4, -0.2) is 70.3 Å². The molecule has 130 valence electrons. The summed E-state index contributed by atoms with van der Waals surface area (Å²) in [5.41, 5.74) is 0.106. The normalized spacial score (nSPS) is 17.8. The summed E-state index contributed by atoms with van der Waals surface area (Å²) in [6, 6.07) is 1.07. The molecule has 2 heterocycles. The number of rotatable bonds is 7. The number of carbonyl (C=O) groups is 1. The van der Waals surface area contributed by atoms with Gasteiger partial charge in [-0.15, -0.1) is 0 Å². The predicted molar refractivity (Wildman–Crippen MR) is 83.8 cm³/mol. The van der Waals surface area contributed by atoms with Gasteiger partial charge in [-0.05, 0) is 12.5 Å². The molecule has 8 nitrogen and oxygen atoms in total. The summed E-state index contributed by atoms with van der Waals surface area (Å²) < 4.78 is 37.4. The van der Waals surface area contributed by atoms with Gasteiger partial charge >= 0.3 is 5.97 Å². The van der Waals surface area contributed by atoms with Crippen LogP contribution < -0.4 is 4.72 Å². The van der Waals surface area contributed by atoms with Gasteiger partial charge in [0.25, 0.3) is 0 Å². The minimum atomic E-state index is -3.69. The number of hydrogen-bond acceptors (Lipinski definition) is 6. The minimum absolute atomic E-state index is 0.0262. The maximum Gasteiger partial charge on any atom is 0.354 e. The second-order valence-electron chi connectivity index (χ2n) is 5.38. The van der Waals surface area contributed by atoms with E-state index in [1.807, 2.05) is 6.92 Å². The van der Waals surface area contributed by atoms with Gasteiger partial charge in [0.1, 0.15) is 10.6 Å². The molecule has 0 spiro atoms. The van der Waals surface area contributed by atoms with Gasteiger partial charge < -0.3 is 14.5 Å². The molecule has 1 aromatic heterocycles. The summed E-state index contributed by atoms with van der Waals surface area (Å²) >= 11 is 0. The second kappa shape index (κ2) is 7.91. The van der Waals surface area contributed by atoms with E-state index >= 15 is 0 Å². The number of nitrogens with one attached hydrogen (secondary N) is 2. The molecule has 1 aliphatic rings. The molecule has 1 fully saturated rings. The molecule has 0 bridgehead atoms. The summed E-state index contributed by atoms with van der Waals surface area (Å²) in [6.07, 6.45) is 1.96. The van der Waals surface area contributed by atoms with Crippen molar-refractivity contribution in [2.45, 2.75) is 24.3 Å². The van der Waals surface area contributed by atoms with Gasteiger partial charge in [0, 0.05) is 31.9 Å². The number of esters is 1. The van der Waals surface area contributed by atoms with Gasteiger partial charge in [0.05, 0.1) is 20.3 Å². The van der Waals surface area contributed by atoms with Crippen LogP contribution in [0, 0.1) is 0 Å². The van der Waals surface area contributed by atoms with Crippen molar-refractivity contribution in [2.24, 2.45) is 0 Å². The van der Waals surface area contributed by atoms with E-state index in [0.29, 0.717) is 26.2 Å². The van der Waals surface area contributed by atoms with E-state index in [9.17, 15) is 13.2 Å². The van der Waals surface area contributed by atoms with E-state index in [1.165, 1.54) is 19.4 Å². The van der Waals surface area contributed by atoms with Crippen LogP contribution in [0.15, 0.2) is 17.2 Å². The Kier molecular flexibility index (Phi) is 6.17. The molecule has 0 aliphatic carbocycles. The zero-order valence-electron chi connectivity index (χ0n) is 13.4. The molecule has 1 atom stereocenters. The Morgan fingerprint density at radius 3 is 2.78 bits per heavy atom. The molecule has 0 amide bonds. The molecule has 0 saturated carbocycles. The Morgan fingerprint density at radius 1 is 1.48 bits per heavy atom. The zero-order chi connectivity index (χ0) is 16.9. The Balaban J connectivity index is 2.02. The fourth-order valence-electron chi connectivity index (χ4n) is 2.39. The molecule has 1 aliphatic heterocycles. The number of H-pyrrole nitrogens is 1. The highest BCUT2D eigenvalue weighted by molar-refractivity contribution is 7.89. The molecular weight excluding hydrogens is 322 g/mol. The SMILES string of the molecule is CC[C@@H](CN1CCOCC1)NS(=O)(=O)c1c[nH]c(C(=O)OC)c1. The number of ether oxygens (including phenoxy) is 2. The van der Waals surface area contributed by atoms with E-state index in [2.05, 4.69) is 19.3 Å². The van der Waals surface area contributed by atoms with Crippen LogP contribution in [0.25, 0.3) is 0 Å². The van der Waals surface area contributed by atoms with Gasteiger partial charge in [-0.1, -0.05) is 6.92 Å². The fourth-order valence-corrected chi connectivity index (χ4v) is 3.69. The lowest BCUT2D eigenvalue weighted by molar-refractivity contribution is 0.0344. The lowest BCUT2D eigenvalue weighted by atomic mass is 10.2. The highest BCUT2D eigenvalue weighted by atomic mass is 32.2. The van der Waals surface area contributed by atoms with Crippen LogP contribution in [0.2, 0.25) is 0 Å². The minimum Gasteiger partial charge on any atom is -0.464 e. The van der Waals surface area contributed by atoms with Gasteiger partial charge in [0.2, 0.25) is 10.0 Å². The van der Waals surface area contributed by atoms with Crippen molar-refractivity contribution in [1.82, 2.24) is 14.6 Å². The average Bonchev–Trinajstić information content (AvgIpc) is 3.05. The monoisotopic (exact) mass is 345 g/mol. The number of morpholine rings is 1. The number of hydrogen-bond donors (Lipinski definition) is 2. The van der Waals surface area contributed by atoms with E-state index < -0.39 is 16.0 Å². The molecule has 1 aromatic rings. The van der Waals surface area contributed by atoms with Crippen LogP contribution in [-0.2, 0) is 19.5 Å². The highest BCUT2D eigenvalue weighted by Crippen LogP contribution is 2.13. The first kappa shape index (κ1) is 17.9. The summed E-state index contributed by atoms with van der Waals surface area (Å²) in [5.74, 6) is -0.605. The third kappa shape index (κ3) is 4.77. The number of sulfonamides is 1. The van der Waals surface area contributed by atoms with E-state index in [-0.39, 0.29) is 16.6 Å². The molecular formula is C14H23N3O5S. The molecule has 0 unspecified atom stereocenters. The third-order valence-corrected chi connectivity index (χ3v) is 5.27. The Bertz CT molecular complexity index is 622. The number of nitrogens with zero attached hydrogens (tertiary/aromatic N) is 1. The van der Waals surface area contributed by atoms with Crippen molar-refractivity contribution >= 4 is 16.0 Å². The first-order chi connectivity index (χ1) is 11.0. The molecule has 1 saturated heterocycles. The first-order valence-corrected chi connectivity index (χ1v) is 9.03. The largest absolute Gasteiger partial charge is 0.464 e. The highest BCUT2D eigenvalue weighted by Gasteiger charge is 2.24. The molecule has 9 heteroatoms. The van der Waals surface area contributed by atoms with E-state index in [4.69, 9.17) is 4.74 Å². The summed E-state index contributed by atoms with van der Waals surface area (Å²) in [4.78, 5) is 16.2. The molecule has 23 heavy (non-hydrogen) atoms. The van der Waals surface area contributed by atoms with Gasteiger partial charge in [0.15, 0.2) is 0 Å². The predicted octanol–water partition coefficient (Wildman–Crippen LogP) is 0.190. The first-order valence-electron chi connectivity index (χ1n) is 7.55. The van der Waals surface area contributed by atoms with Gasteiger partial charge in [-0.2, -0.15) is 0 Å². The average molecular weight is 345 g/mol. The molecule has 0 aromatic carbocycles. The number of methoxy groups -OCH3 is 1. The Labute approximate surface area is 136 Å². The number of aromatic amines is 1. The molecule has 2 rings (SSSR count). The molecule has 0 radical (unpaired) electrons. The lowest BCUT2D eigenvalue weighted by Gasteiger charge is -2.30. The van der Waals surface area contributed by atoms with Crippen molar-refractivity contribution in [3.05, 3.63) is 18.0 Å². The zero-order valence-corrected chi connectivity index (χ0v) is 14.2. The van der Waals surface area contributed by atoms with E-state index in [1.54, 1.807) is 0 Å². The van der Waals surface area contributed by atoms with Crippen molar-refractivity contribution in [2.75, 3.05) is 40.0 Å². The van der Waals surface area contributed by atoms with Crippen molar-refractivity contribution in [3.63, 3.8) is 0 Å². The summed E-state index contributed by atoms with van der Waals surface area (Å²) in [5, 5.41) is 0. The van der Waals surface area contributed by atoms with Crippen LogP contribution in [0.3, 0.4) is 0 Å². The standard InChI is InChI=1S/C14H23N3O5S/c1-3-11(10-17-4-6-22-7-5-17)16-23(19,20)12-8-13(15-9-12)14(18)21-2/h8-9,11,15-16H,3-7,10H2,1-2H3/t11-/m0/s1. The third-order valence-electron chi connectivity index (χ3n) is 3.77. The van der Waals surface area contributed by atoms with Gasteiger partial charge in [-0.3, -0.25) is 4.90 Å². The van der Waals surface area contributed by atoms with Crippen molar-refractivity contribution < 1.29 is 22.7 Å². The summed E-state index contributed by atoms with van der Waals surface area (Å²) in [6.45, 7) is 5.51. The fraction of sp³-hybridized carbons (Fsp3) is 0.643. The Morgan fingerprint density at radius 2 is 2.17 bits per heavy atom. The quantitative estimate of drug-likeness (QED) is 0.684. The van der Waals surface area contributed by atoms with Crippen LogP contribution in [0.4, 0.5) is 0 Å². The van der Waals surface area contributed by atoms with Crippen molar-refractivity contribution in [1.29, 1.82) is 0 Å². The second-order valence-corrected chi connectivity index (χ2v) is 7.09. The van der Waals surface area contributed by atoms with Crippen LogP contribution in [0.1, 0.15) is 23.8 Å². The Hall–Kier alpha value is -1.42. The van der Waals surface area contributed by atoms with Crippen LogP contribution in [0.5, 0.6) is 0 Å². The maximum atomic E-state index is 12.4.